The van der Waals surface area contributed by atoms with Crippen LogP contribution in [-0.4, -0.2) is 50.1 Å². The molecule has 1 aromatic rings. The minimum absolute atomic E-state index is 0.0311. The number of nitrogens with zero attached hydrogens (tertiary/aromatic N) is 4. The molecule has 1 saturated carbocycles. The highest BCUT2D eigenvalue weighted by molar-refractivity contribution is 5.84. The van der Waals surface area contributed by atoms with Gasteiger partial charge in [-0.3, -0.25) is 4.90 Å². The fourth-order valence-electron chi connectivity index (χ4n) is 3.36. The topological polar surface area (TPSA) is 71.2 Å². The SMILES string of the molecule is CC1CCC(N2CC(n3cc(C(=O)O)nn3)C2)CC1C. The quantitative estimate of drug-likeness (QED) is 0.910. The van der Waals surface area contributed by atoms with E-state index in [2.05, 4.69) is 29.1 Å². The minimum Gasteiger partial charge on any atom is -0.476 e. The van der Waals surface area contributed by atoms with E-state index in [0.717, 1.165) is 24.9 Å². The maximum atomic E-state index is 10.8. The van der Waals surface area contributed by atoms with Gasteiger partial charge in [-0.1, -0.05) is 19.1 Å². The second kappa shape index (κ2) is 5.16. The zero-order valence-electron chi connectivity index (χ0n) is 12.1. The van der Waals surface area contributed by atoms with E-state index in [1.165, 1.54) is 25.5 Å². The van der Waals surface area contributed by atoms with Crippen molar-refractivity contribution >= 4 is 5.97 Å². The van der Waals surface area contributed by atoms with Crippen LogP contribution in [0.15, 0.2) is 6.20 Å². The van der Waals surface area contributed by atoms with Crippen molar-refractivity contribution in [1.82, 2.24) is 19.9 Å². The largest absolute Gasteiger partial charge is 0.476 e. The van der Waals surface area contributed by atoms with Gasteiger partial charge < -0.3 is 5.11 Å². The van der Waals surface area contributed by atoms with Crippen molar-refractivity contribution in [2.24, 2.45) is 11.8 Å². The van der Waals surface area contributed by atoms with Crippen LogP contribution in [0.4, 0.5) is 0 Å². The summed E-state index contributed by atoms with van der Waals surface area (Å²) in [6, 6.07) is 0.977. The van der Waals surface area contributed by atoms with Crippen LogP contribution >= 0.6 is 0 Å². The smallest absolute Gasteiger partial charge is 0.358 e. The molecule has 3 atom stereocenters. The van der Waals surface area contributed by atoms with E-state index in [-0.39, 0.29) is 11.7 Å². The summed E-state index contributed by atoms with van der Waals surface area (Å²) in [5.74, 6) is 0.636. The van der Waals surface area contributed by atoms with E-state index in [1.54, 1.807) is 4.68 Å². The maximum absolute atomic E-state index is 10.8. The van der Waals surface area contributed by atoms with E-state index in [4.69, 9.17) is 5.11 Å². The molecule has 1 aliphatic carbocycles. The van der Waals surface area contributed by atoms with Gasteiger partial charge in [0.1, 0.15) is 0 Å². The first-order valence-electron chi connectivity index (χ1n) is 7.43. The third-order valence-electron chi connectivity index (χ3n) is 5.08. The van der Waals surface area contributed by atoms with Crippen LogP contribution < -0.4 is 0 Å². The molecule has 110 valence electrons. The van der Waals surface area contributed by atoms with Crippen LogP contribution in [0.25, 0.3) is 0 Å². The van der Waals surface area contributed by atoms with Crippen molar-refractivity contribution in [3.63, 3.8) is 0 Å². The Labute approximate surface area is 118 Å². The summed E-state index contributed by atoms with van der Waals surface area (Å²) in [5, 5.41) is 16.5. The lowest BCUT2D eigenvalue weighted by molar-refractivity contribution is 0.0165. The minimum atomic E-state index is -1.01. The Balaban J connectivity index is 1.54. The molecule has 0 amide bonds. The van der Waals surface area contributed by atoms with E-state index in [9.17, 15) is 4.79 Å². The average Bonchev–Trinajstić information content (AvgIpc) is 2.81. The molecular formula is C14H22N4O2. The number of carbonyl (C=O) groups is 1. The zero-order valence-corrected chi connectivity index (χ0v) is 12.1. The number of likely N-dealkylation sites (tertiary alicyclic amines) is 1. The van der Waals surface area contributed by atoms with E-state index >= 15 is 0 Å². The van der Waals surface area contributed by atoms with E-state index < -0.39 is 5.97 Å². The summed E-state index contributed by atoms with van der Waals surface area (Å²) in [6.45, 7) is 6.63. The molecule has 20 heavy (non-hydrogen) atoms. The van der Waals surface area contributed by atoms with Crippen LogP contribution in [0.1, 0.15) is 49.6 Å². The molecule has 1 N–H and O–H groups in total. The van der Waals surface area contributed by atoms with Crippen molar-refractivity contribution in [2.45, 2.75) is 45.2 Å². The van der Waals surface area contributed by atoms with E-state index in [1.807, 2.05) is 0 Å². The predicted octanol–water partition coefficient (Wildman–Crippen LogP) is 1.66. The molecule has 2 fully saturated rings. The van der Waals surface area contributed by atoms with Crippen LogP contribution in [0.5, 0.6) is 0 Å². The molecule has 2 heterocycles. The van der Waals surface area contributed by atoms with Crippen LogP contribution in [0, 0.1) is 11.8 Å². The van der Waals surface area contributed by atoms with Crippen molar-refractivity contribution in [3.8, 4) is 0 Å². The van der Waals surface area contributed by atoms with Gasteiger partial charge in [0.2, 0.25) is 0 Å². The highest BCUT2D eigenvalue weighted by Crippen LogP contribution is 2.35. The number of carboxylic acid groups (broad SMARTS) is 1. The Bertz CT molecular complexity index is 495. The molecule has 2 aliphatic rings. The molecule has 6 nitrogen and oxygen atoms in total. The summed E-state index contributed by atoms with van der Waals surface area (Å²) in [4.78, 5) is 13.3. The molecule has 0 radical (unpaired) electrons. The third-order valence-corrected chi connectivity index (χ3v) is 5.08. The molecule has 0 spiro atoms. The number of aromatic nitrogens is 3. The van der Waals surface area contributed by atoms with Gasteiger partial charge in [0.25, 0.3) is 0 Å². The maximum Gasteiger partial charge on any atom is 0.358 e. The first-order valence-corrected chi connectivity index (χ1v) is 7.43. The monoisotopic (exact) mass is 278 g/mol. The van der Waals surface area contributed by atoms with Crippen LogP contribution in [-0.2, 0) is 0 Å². The number of hydrogen-bond donors (Lipinski definition) is 1. The summed E-state index contributed by atoms with van der Waals surface area (Å²) < 4.78 is 1.70. The second-order valence-electron chi connectivity index (χ2n) is 6.42. The Hall–Kier alpha value is -1.43. The summed E-state index contributed by atoms with van der Waals surface area (Å²) >= 11 is 0. The Morgan fingerprint density at radius 2 is 2.00 bits per heavy atom. The molecule has 1 aliphatic heterocycles. The standard InChI is InChI=1S/C14H22N4O2/c1-9-3-4-11(5-10(9)2)17-6-12(7-17)18-8-13(14(19)20)15-16-18/h8-12H,3-7H2,1-2H3,(H,19,20). The van der Waals surface area contributed by atoms with Gasteiger partial charge >= 0.3 is 5.97 Å². The lowest BCUT2D eigenvalue weighted by Gasteiger charge is -2.47. The lowest BCUT2D eigenvalue weighted by atomic mass is 9.78. The van der Waals surface area contributed by atoms with Gasteiger partial charge in [0, 0.05) is 19.1 Å². The Morgan fingerprint density at radius 1 is 1.25 bits per heavy atom. The van der Waals surface area contributed by atoms with Gasteiger partial charge in [-0.25, -0.2) is 9.48 Å². The fraction of sp³-hybridized carbons (Fsp3) is 0.786. The van der Waals surface area contributed by atoms with Crippen molar-refractivity contribution in [1.29, 1.82) is 0 Å². The molecule has 0 aromatic carbocycles. The van der Waals surface area contributed by atoms with Crippen LogP contribution in [0.3, 0.4) is 0 Å². The van der Waals surface area contributed by atoms with Crippen molar-refractivity contribution in [3.05, 3.63) is 11.9 Å². The van der Waals surface area contributed by atoms with Gasteiger partial charge in [-0.2, -0.15) is 0 Å². The summed E-state index contributed by atoms with van der Waals surface area (Å²) in [5.41, 5.74) is 0.0311. The molecular weight excluding hydrogens is 256 g/mol. The molecule has 3 unspecified atom stereocenters. The number of hydrogen-bond acceptors (Lipinski definition) is 4. The van der Waals surface area contributed by atoms with Crippen molar-refractivity contribution < 1.29 is 9.90 Å². The lowest BCUT2D eigenvalue weighted by Crippen LogP contribution is -2.54. The normalized spacial score (nSPS) is 32.0. The second-order valence-corrected chi connectivity index (χ2v) is 6.42. The fourth-order valence-corrected chi connectivity index (χ4v) is 3.36. The number of carboxylic acids is 1. The van der Waals surface area contributed by atoms with Gasteiger partial charge in [0.15, 0.2) is 5.69 Å². The predicted molar refractivity (Wildman–Crippen MR) is 73.6 cm³/mol. The van der Waals surface area contributed by atoms with E-state index in [0.29, 0.717) is 6.04 Å². The molecule has 6 heteroatoms. The molecule has 1 aromatic heterocycles. The zero-order chi connectivity index (χ0) is 14.3. The van der Waals surface area contributed by atoms with Gasteiger partial charge in [0.05, 0.1) is 12.2 Å². The van der Waals surface area contributed by atoms with Crippen molar-refractivity contribution in [2.75, 3.05) is 13.1 Å². The number of rotatable bonds is 3. The van der Waals surface area contributed by atoms with Gasteiger partial charge in [-0.05, 0) is 31.1 Å². The van der Waals surface area contributed by atoms with Gasteiger partial charge in [-0.15, -0.1) is 5.10 Å². The first kappa shape index (κ1) is 13.5. The third kappa shape index (κ3) is 2.44. The summed E-state index contributed by atoms with van der Waals surface area (Å²) in [6.07, 6.45) is 5.43. The Morgan fingerprint density at radius 3 is 2.60 bits per heavy atom. The highest BCUT2D eigenvalue weighted by Gasteiger charge is 2.37. The molecule has 3 rings (SSSR count). The Kier molecular flexibility index (Phi) is 3.50. The summed E-state index contributed by atoms with van der Waals surface area (Å²) in [7, 11) is 0. The highest BCUT2D eigenvalue weighted by atomic mass is 16.4. The molecule has 0 bridgehead atoms. The average molecular weight is 278 g/mol. The van der Waals surface area contributed by atoms with Crippen LogP contribution in [0.2, 0.25) is 0 Å². The molecule has 1 saturated heterocycles. The first-order chi connectivity index (χ1) is 9.54. The number of aromatic carboxylic acids is 1.